The van der Waals surface area contributed by atoms with Crippen LogP contribution in [0.3, 0.4) is 0 Å². The third-order valence-electron chi connectivity index (χ3n) is 3.92. The van der Waals surface area contributed by atoms with Crippen LogP contribution in [0.4, 0.5) is 5.69 Å². The van der Waals surface area contributed by atoms with Crippen molar-refractivity contribution in [2.45, 2.75) is 33.8 Å². The maximum Gasteiger partial charge on any atom is 0.331 e. The minimum atomic E-state index is -0.912. The SMILES string of the molecule is CCOc1ccccc1/C=C/C(=O)O[C@H](C)C(=O)Nc1ccc(C)cc1C. The van der Waals surface area contributed by atoms with Crippen LogP contribution < -0.4 is 10.1 Å². The van der Waals surface area contributed by atoms with E-state index in [9.17, 15) is 9.59 Å². The minimum absolute atomic E-state index is 0.376. The van der Waals surface area contributed by atoms with Crippen LogP contribution in [-0.4, -0.2) is 24.6 Å². The van der Waals surface area contributed by atoms with Gasteiger partial charge in [-0.25, -0.2) is 4.79 Å². The van der Waals surface area contributed by atoms with Gasteiger partial charge in [-0.15, -0.1) is 0 Å². The number of rotatable bonds is 7. The van der Waals surface area contributed by atoms with Crippen LogP contribution in [0.2, 0.25) is 0 Å². The lowest BCUT2D eigenvalue weighted by Gasteiger charge is -2.14. The summed E-state index contributed by atoms with van der Waals surface area (Å²) in [4.78, 5) is 24.3. The monoisotopic (exact) mass is 367 g/mol. The molecule has 1 atom stereocenters. The summed E-state index contributed by atoms with van der Waals surface area (Å²) in [5, 5.41) is 2.78. The van der Waals surface area contributed by atoms with Crippen molar-refractivity contribution < 1.29 is 19.1 Å². The summed E-state index contributed by atoms with van der Waals surface area (Å²) in [6, 6.07) is 13.1. The highest BCUT2D eigenvalue weighted by atomic mass is 16.5. The maximum atomic E-state index is 12.3. The molecule has 1 amide bonds. The quantitative estimate of drug-likeness (QED) is 0.586. The molecule has 5 nitrogen and oxygen atoms in total. The first-order valence-electron chi connectivity index (χ1n) is 8.89. The molecule has 0 aliphatic heterocycles. The number of anilines is 1. The number of nitrogens with one attached hydrogen (secondary N) is 1. The highest BCUT2D eigenvalue weighted by Crippen LogP contribution is 2.19. The molecule has 0 aromatic heterocycles. The number of hydrogen-bond donors (Lipinski definition) is 1. The van der Waals surface area contributed by atoms with Crippen molar-refractivity contribution in [1.82, 2.24) is 0 Å². The van der Waals surface area contributed by atoms with Gasteiger partial charge >= 0.3 is 5.97 Å². The van der Waals surface area contributed by atoms with E-state index in [1.807, 2.05) is 63.2 Å². The highest BCUT2D eigenvalue weighted by Gasteiger charge is 2.17. The van der Waals surface area contributed by atoms with Gasteiger partial charge in [0, 0.05) is 17.3 Å². The number of benzene rings is 2. The molecule has 142 valence electrons. The summed E-state index contributed by atoms with van der Waals surface area (Å²) in [6.07, 6.45) is 1.99. The van der Waals surface area contributed by atoms with Crippen molar-refractivity contribution >= 4 is 23.6 Å². The number of aryl methyl sites for hydroxylation is 2. The number of ether oxygens (including phenoxy) is 2. The predicted molar refractivity (Wildman–Crippen MR) is 107 cm³/mol. The second kappa shape index (κ2) is 9.57. The molecule has 27 heavy (non-hydrogen) atoms. The zero-order chi connectivity index (χ0) is 19.8. The molecule has 2 aromatic carbocycles. The lowest BCUT2D eigenvalue weighted by Crippen LogP contribution is -2.29. The lowest BCUT2D eigenvalue weighted by atomic mass is 10.1. The summed E-state index contributed by atoms with van der Waals surface area (Å²) in [5.74, 6) is -0.285. The van der Waals surface area contributed by atoms with Gasteiger partial charge in [-0.05, 0) is 51.5 Å². The molecule has 0 radical (unpaired) electrons. The Morgan fingerprint density at radius 2 is 1.89 bits per heavy atom. The summed E-state index contributed by atoms with van der Waals surface area (Å²) in [7, 11) is 0. The van der Waals surface area contributed by atoms with Crippen molar-refractivity contribution in [1.29, 1.82) is 0 Å². The fraction of sp³-hybridized carbons (Fsp3) is 0.273. The molecule has 0 bridgehead atoms. The van der Waals surface area contributed by atoms with Crippen molar-refractivity contribution in [3.63, 3.8) is 0 Å². The lowest BCUT2D eigenvalue weighted by molar-refractivity contribution is -0.148. The van der Waals surface area contributed by atoms with Crippen LogP contribution in [0.1, 0.15) is 30.5 Å². The molecule has 0 aliphatic rings. The molecule has 0 saturated heterocycles. The van der Waals surface area contributed by atoms with Crippen LogP contribution in [0.25, 0.3) is 6.08 Å². The molecular weight excluding hydrogens is 342 g/mol. The first kappa shape index (κ1) is 20.2. The van der Waals surface area contributed by atoms with E-state index in [2.05, 4.69) is 5.32 Å². The largest absolute Gasteiger partial charge is 0.493 e. The van der Waals surface area contributed by atoms with Crippen molar-refractivity contribution in [2.75, 3.05) is 11.9 Å². The van der Waals surface area contributed by atoms with E-state index < -0.39 is 12.1 Å². The summed E-state index contributed by atoms with van der Waals surface area (Å²) in [6.45, 7) is 7.87. The van der Waals surface area contributed by atoms with Gasteiger partial charge in [0.25, 0.3) is 5.91 Å². The molecule has 0 aliphatic carbocycles. The van der Waals surface area contributed by atoms with E-state index in [-0.39, 0.29) is 5.91 Å². The van der Waals surface area contributed by atoms with E-state index in [0.29, 0.717) is 18.0 Å². The third-order valence-corrected chi connectivity index (χ3v) is 3.92. The number of hydrogen-bond acceptors (Lipinski definition) is 4. The van der Waals surface area contributed by atoms with Gasteiger partial charge in [-0.3, -0.25) is 4.79 Å². The number of carbonyl (C=O) groups is 2. The Kier molecular flexibility index (Phi) is 7.17. The molecule has 2 aromatic rings. The third kappa shape index (κ3) is 5.99. The van der Waals surface area contributed by atoms with Crippen molar-refractivity contribution in [2.24, 2.45) is 0 Å². The first-order valence-corrected chi connectivity index (χ1v) is 8.89. The number of para-hydroxylation sites is 1. The van der Waals surface area contributed by atoms with Crippen LogP contribution in [0.5, 0.6) is 5.75 Å². The van der Waals surface area contributed by atoms with Gasteiger partial charge in [0.15, 0.2) is 6.10 Å². The second-order valence-electron chi connectivity index (χ2n) is 6.19. The average molecular weight is 367 g/mol. The molecule has 5 heteroatoms. The molecule has 0 unspecified atom stereocenters. The smallest absolute Gasteiger partial charge is 0.331 e. The molecule has 0 spiro atoms. The molecular formula is C22H25NO4. The fourth-order valence-electron chi connectivity index (χ4n) is 2.52. The van der Waals surface area contributed by atoms with Gasteiger partial charge in [0.2, 0.25) is 0 Å². The Labute approximate surface area is 160 Å². The van der Waals surface area contributed by atoms with Crippen molar-refractivity contribution in [3.8, 4) is 5.75 Å². The molecule has 0 saturated carbocycles. The Morgan fingerprint density at radius 1 is 1.15 bits per heavy atom. The second-order valence-corrected chi connectivity index (χ2v) is 6.19. The normalized spacial score (nSPS) is 11.9. The number of amides is 1. The zero-order valence-electron chi connectivity index (χ0n) is 16.1. The molecule has 1 N–H and O–H groups in total. The summed E-state index contributed by atoms with van der Waals surface area (Å²) >= 11 is 0. The van der Waals surface area contributed by atoms with Gasteiger partial charge in [-0.1, -0.05) is 35.9 Å². The van der Waals surface area contributed by atoms with E-state index >= 15 is 0 Å². The van der Waals surface area contributed by atoms with Gasteiger partial charge in [-0.2, -0.15) is 0 Å². The maximum absolute atomic E-state index is 12.3. The first-order chi connectivity index (χ1) is 12.9. The van der Waals surface area contributed by atoms with Gasteiger partial charge < -0.3 is 14.8 Å². The number of carbonyl (C=O) groups excluding carboxylic acids is 2. The molecule has 0 heterocycles. The highest BCUT2D eigenvalue weighted by molar-refractivity contribution is 5.97. The average Bonchev–Trinajstić information content (AvgIpc) is 2.63. The van der Waals surface area contributed by atoms with Crippen molar-refractivity contribution in [3.05, 3.63) is 65.2 Å². The van der Waals surface area contributed by atoms with Crippen LogP contribution in [0, 0.1) is 13.8 Å². The molecule has 0 fully saturated rings. The van der Waals surface area contributed by atoms with E-state index in [0.717, 1.165) is 16.7 Å². The number of esters is 1. The van der Waals surface area contributed by atoms with Crippen LogP contribution >= 0.6 is 0 Å². The van der Waals surface area contributed by atoms with E-state index in [1.54, 1.807) is 13.0 Å². The van der Waals surface area contributed by atoms with E-state index in [1.165, 1.54) is 6.08 Å². The Balaban J connectivity index is 1.95. The summed E-state index contributed by atoms with van der Waals surface area (Å²) < 4.78 is 10.7. The molecule has 2 rings (SSSR count). The zero-order valence-corrected chi connectivity index (χ0v) is 16.1. The fourth-order valence-corrected chi connectivity index (χ4v) is 2.52. The predicted octanol–water partition coefficient (Wildman–Crippen LogP) is 4.29. The van der Waals surface area contributed by atoms with Gasteiger partial charge in [0.05, 0.1) is 6.61 Å². The van der Waals surface area contributed by atoms with Gasteiger partial charge in [0.1, 0.15) is 5.75 Å². The Morgan fingerprint density at radius 3 is 2.59 bits per heavy atom. The van der Waals surface area contributed by atoms with E-state index in [4.69, 9.17) is 9.47 Å². The Hall–Kier alpha value is -3.08. The topological polar surface area (TPSA) is 64.6 Å². The Bertz CT molecular complexity index is 842. The standard InChI is InChI=1S/C22H25NO4/c1-5-26-20-9-7-6-8-18(20)11-13-21(24)27-17(4)22(25)23-19-12-10-15(2)14-16(19)3/h6-14,17H,5H2,1-4H3,(H,23,25)/b13-11+/t17-/m1/s1. The summed E-state index contributed by atoms with van der Waals surface area (Å²) in [5.41, 5.74) is 3.54. The van der Waals surface area contributed by atoms with Crippen LogP contribution in [-0.2, 0) is 14.3 Å². The minimum Gasteiger partial charge on any atom is -0.493 e. The van der Waals surface area contributed by atoms with Crippen LogP contribution in [0.15, 0.2) is 48.5 Å².